The normalized spacial score (nSPS) is 26.3. The van der Waals surface area contributed by atoms with Crippen molar-refractivity contribution in [1.29, 1.82) is 0 Å². The second-order valence-corrected chi connectivity index (χ2v) is 9.98. The minimum Gasteiger partial charge on any atom is -0.454 e. The second kappa shape index (κ2) is 9.32. The Balaban J connectivity index is 1.51. The molecule has 2 aliphatic rings. The molecule has 11 heteroatoms. The monoisotopic (exact) mass is 568 g/mol. The molecule has 156 valence electrons. The van der Waals surface area contributed by atoms with E-state index in [9.17, 15) is 19.2 Å². The van der Waals surface area contributed by atoms with Gasteiger partial charge in [0.2, 0.25) is 11.8 Å². The molecule has 3 amide bonds. The van der Waals surface area contributed by atoms with Crippen molar-refractivity contribution < 1.29 is 23.9 Å². The zero-order valence-electron chi connectivity index (χ0n) is 14.9. The predicted molar refractivity (Wildman–Crippen MR) is 114 cm³/mol. The van der Waals surface area contributed by atoms with Crippen LogP contribution >= 0.6 is 55.1 Å². The number of likely N-dealkylation sites (tertiary alicyclic amines) is 1. The van der Waals surface area contributed by atoms with Gasteiger partial charge in [-0.15, -0.1) is 0 Å². The molecule has 4 atom stereocenters. The Bertz CT molecular complexity index is 841. The summed E-state index contributed by atoms with van der Waals surface area (Å²) in [7, 11) is 0. The lowest BCUT2D eigenvalue weighted by Gasteiger charge is -2.29. The molecule has 0 spiro atoms. The third kappa shape index (κ3) is 5.13. The summed E-state index contributed by atoms with van der Waals surface area (Å²) in [5.41, 5.74) is 0.392. The van der Waals surface area contributed by atoms with Crippen LogP contribution in [0.15, 0.2) is 18.2 Å². The van der Waals surface area contributed by atoms with Crippen LogP contribution in [0.25, 0.3) is 0 Å². The topological polar surface area (TPSA) is 92.8 Å². The first-order valence-electron chi connectivity index (χ1n) is 8.71. The van der Waals surface area contributed by atoms with Crippen LogP contribution in [0, 0.1) is 11.8 Å². The Morgan fingerprint density at radius 1 is 1.07 bits per heavy atom. The fourth-order valence-corrected chi connectivity index (χ4v) is 4.95. The molecular formula is C18H16Br2Cl2N2O5. The maximum absolute atomic E-state index is 12.5. The Labute approximate surface area is 193 Å². The number of hydrogen-bond donors (Lipinski definition) is 1. The van der Waals surface area contributed by atoms with Gasteiger partial charge in [0.1, 0.15) is 6.54 Å². The zero-order chi connectivity index (χ0) is 21.3. The first kappa shape index (κ1) is 22.5. The molecule has 7 nitrogen and oxygen atoms in total. The van der Waals surface area contributed by atoms with E-state index in [0.29, 0.717) is 23.6 Å². The average molecular weight is 571 g/mol. The predicted octanol–water partition coefficient (Wildman–Crippen LogP) is 3.40. The summed E-state index contributed by atoms with van der Waals surface area (Å²) in [6.07, 6.45) is 1.03. The van der Waals surface area contributed by atoms with Crippen LogP contribution in [-0.2, 0) is 23.9 Å². The van der Waals surface area contributed by atoms with E-state index < -0.39 is 36.9 Å². The molecule has 1 N–H and O–H groups in total. The number of fused-ring (bicyclic) bond motifs is 1. The van der Waals surface area contributed by atoms with Gasteiger partial charge in [-0.2, -0.15) is 0 Å². The van der Waals surface area contributed by atoms with Crippen LogP contribution in [0.4, 0.5) is 5.69 Å². The van der Waals surface area contributed by atoms with Crippen molar-refractivity contribution in [2.24, 2.45) is 11.8 Å². The van der Waals surface area contributed by atoms with E-state index in [1.165, 1.54) is 12.1 Å². The van der Waals surface area contributed by atoms with Gasteiger partial charge in [0, 0.05) is 15.3 Å². The fraction of sp³-hybridized carbons (Fsp3) is 0.444. The highest BCUT2D eigenvalue weighted by atomic mass is 79.9. The summed E-state index contributed by atoms with van der Waals surface area (Å²) >= 11 is 18.7. The molecule has 1 saturated carbocycles. The highest BCUT2D eigenvalue weighted by Gasteiger charge is 2.52. The van der Waals surface area contributed by atoms with Crippen molar-refractivity contribution in [2.45, 2.75) is 22.5 Å². The number of nitrogens with one attached hydrogen (secondary N) is 1. The molecule has 3 rings (SSSR count). The molecule has 1 aliphatic carbocycles. The number of anilines is 1. The first-order chi connectivity index (χ1) is 13.7. The van der Waals surface area contributed by atoms with Gasteiger partial charge in [0.05, 0.1) is 21.9 Å². The largest absolute Gasteiger partial charge is 0.454 e. The minimum absolute atomic E-state index is 0.0810. The molecule has 0 aromatic heterocycles. The average Bonchev–Trinajstić information content (AvgIpc) is 2.88. The van der Waals surface area contributed by atoms with E-state index in [1.807, 2.05) is 0 Å². The number of carbonyl (C=O) groups is 4. The third-order valence-electron chi connectivity index (χ3n) is 4.86. The van der Waals surface area contributed by atoms with E-state index in [-0.39, 0.29) is 26.5 Å². The van der Waals surface area contributed by atoms with Gasteiger partial charge in [-0.1, -0.05) is 55.1 Å². The summed E-state index contributed by atoms with van der Waals surface area (Å²) in [5, 5.41) is 3.12. The minimum atomic E-state index is -0.833. The van der Waals surface area contributed by atoms with Gasteiger partial charge in [-0.25, -0.2) is 0 Å². The van der Waals surface area contributed by atoms with Crippen LogP contribution in [0.3, 0.4) is 0 Å². The lowest BCUT2D eigenvalue weighted by Crippen LogP contribution is -2.37. The molecule has 2 fully saturated rings. The lowest BCUT2D eigenvalue weighted by molar-refractivity contribution is -0.154. The highest BCUT2D eigenvalue weighted by Crippen LogP contribution is 2.43. The molecule has 29 heavy (non-hydrogen) atoms. The molecule has 0 bridgehead atoms. The zero-order valence-corrected chi connectivity index (χ0v) is 19.6. The molecule has 1 aromatic rings. The number of amides is 3. The van der Waals surface area contributed by atoms with Crippen molar-refractivity contribution in [3.63, 3.8) is 0 Å². The molecule has 1 heterocycles. The van der Waals surface area contributed by atoms with Crippen LogP contribution in [0.5, 0.6) is 0 Å². The summed E-state index contributed by atoms with van der Waals surface area (Å²) in [6.45, 7) is -1.07. The number of rotatable bonds is 5. The van der Waals surface area contributed by atoms with E-state index in [4.69, 9.17) is 27.9 Å². The number of hydrogen-bond acceptors (Lipinski definition) is 5. The molecule has 1 aliphatic heterocycles. The van der Waals surface area contributed by atoms with Crippen LogP contribution in [0.2, 0.25) is 10.0 Å². The number of benzene rings is 1. The van der Waals surface area contributed by atoms with Gasteiger partial charge < -0.3 is 10.1 Å². The number of carbonyl (C=O) groups excluding carboxylic acids is 4. The number of halogens is 4. The van der Waals surface area contributed by atoms with Gasteiger partial charge in [0.25, 0.3) is 5.91 Å². The Kier molecular flexibility index (Phi) is 7.24. The van der Waals surface area contributed by atoms with Gasteiger partial charge in [-0.05, 0) is 31.0 Å². The molecular weight excluding hydrogens is 555 g/mol. The van der Waals surface area contributed by atoms with Crippen LogP contribution < -0.4 is 5.32 Å². The fourth-order valence-electron chi connectivity index (χ4n) is 3.41. The van der Waals surface area contributed by atoms with Gasteiger partial charge >= 0.3 is 5.97 Å². The Morgan fingerprint density at radius 2 is 1.66 bits per heavy atom. The Morgan fingerprint density at radius 3 is 2.21 bits per heavy atom. The van der Waals surface area contributed by atoms with E-state index in [1.54, 1.807) is 6.07 Å². The quantitative estimate of drug-likeness (QED) is 0.333. The second-order valence-electron chi connectivity index (χ2n) is 6.82. The van der Waals surface area contributed by atoms with Crippen molar-refractivity contribution >= 4 is 84.4 Å². The van der Waals surface area contributed by atoms with Crippen molar-refractivity contribution in [1.82, 2.24) is 4.90 Å². The third-order valence-corrected chi connectivity index (χ3v) is 8.33. The number of ether oxygens (including phenoxy) is 1. The lowest BCUT2D eigenvalue weighted by atomic mass is 9.81. The molecule has 1 saturated heterocycles. The summed E-state index contributed by atoms with van der Waals surface area (Å²) in [4.78, 5) is 50.2. The van der Waals surface area contributed by atoms with Crippen molar-refractivity contribution in [2.75, 3.05) is 18.5 Å². The van der Waals surface area contributed by atoms with Gasteiger partial charge in [-0.3, -0.25) is 24.1 Å². The summed E-state index contributed by atoms with van der Waals surface area (Å²) in [5.74, 6) is -3.05. The maximum Gasteiger partial charge on any atom is 0.326 e. The van der Waals surface area contributed by atoms with Crippen molar-refractivity contribution in [3.8, 4) is 0 Å². The maximum atomic E-state index is 12.5. The highest BCUT2D eigenvalue weighted by molar-refractivity contribution is 9.12. The van der Waals surface area contributed by atoms with Crippen molar-refractivity contribution in [3.05, 3.63) is 28.2 Å². The number of imide groups is 1. The van der Waals surface area contributed by atoms with Gasteiger partial charge in [0.15, 0.2) is 6.61 Å². The smallest absolute Gasteiger partial charge is 0.326 e. The summed E-state index contributed by atoms with van der Waals surface area (Å²) in [6, 6.07) is 4.53. The SMILES string of the molecule is O=C(COC(=O)CN1C(=O)[C@H]2C[C@H](Br)[C@@H](Br)C[C@H]2C1=O)Nc1ccc(Cl)c(Cl)c1. The number of nitrogens with zero attached hydrogens (tertiary/aromatic N) is 1. The number of esters is 1. The Hall–Kier alpha value is -1.16. The van der Waals surface area contributed by atoms with E-state index >= 15 is 0 Å². The van der Waals surface area contributed by atoms with Crippen LogP contribution in [-0.4, -0.2) is 51.4 Å². The molecule has 0 radical (unpaired) electrons. The van der Waals surface area contributed by atoms with E-state index in [0.717, 1.165) is 4.90 Å². The standard InChI is InChI=1S/C18H16Br2Cl2N2O5/c19-11-4-9-10(5-12(11)20)18(28)24(17(9)27)6-16(26)29-7-15(25)23-8-1-2-13(21)14(22)3-8/h1-3,9-12H,4-7H2,(H,23,25)/t9-,10+,11-,12-/m0/s1. The van der Waals surface area contributed by atoms with E-state index in [2.05, 4.69) is 37.2 Å². The molecule has 0 unspecified atom stereocenters. The number of alkyl halides is 2. The van der Waals surface area contributed by atoms with Crippen LogP contribution in [0.1, 0.15) is 12.8 Å². The first-order valence-corrected chi connectivity index (χ1v) is 11.3. The molecule has 1 aromatic carbocycles. The summed E-state index contributed by atoms with van der Waals surface area (Å²) < 4.78 is 4.91.